The molecule has 0 N–H and O–H groups in total. The molecule has 0 aliphatic heterocycles. The second-order valence-corrected chi connectivity index (χ2v) is 6.80. The minimum Gasteiger partial charge on any atom is -0.240 e. The van der Waals surface area contributed by atoms with Crippen LogP contribution in [0.15, 0.2) is 55.0 Å². The Morgan fingerprint density at radius 2 is 0.667 bits per heavy atom. The van der Waals surface area contributed by atoms with E-state index in [4.69, 9.17) is 29.9 Å². The molecule has 0 saturated carbocycles. The molecule has 0 aliphatic rings. The van der Waals surface area contributed by atoms with E-state index in [1.54, 1.807) is 18.6 Å². The Labute approximate surface area is 166 Å². The topological polar surface area (TPSA) is 116 Å². The lowest BCUT2D eigenvalue weighted by Gasteiger charge is -2.09. The van der Waals surface area contributed by atoms with Crippen molar-refractivity contribution >= 4 is 66.6 Å². The van der Waals surface area contributed by atoms with Crippen molar-refractivity contribution in [2.45, 2.75) is 0 Å². The van der Waals surface area contributed by atoms with Gasteiger partial charge in [-0.25, -0.2) is 44.9 Å². The molecule has 0 aliphatic carbocycles. The van der Waals surface area contributed by atoms with Gasteiger partial charge in [0.25, 0.3) is 0 Å². The Kier molecular flexibility index (Phi) is 2.83. The second kappa shape index (κ2) is 5.51. The quantitative estimate of drug-likeness (QED) is 0.286. The average Bonchev–Trinajstić information content (AvgIpc) is 2.81. The van der Waals surface area contributed by atoms with E-state index in [9.17, 15) is 0 Å². The van der Waals surface area contributed by atoms with Crippen molar-refractivity contribution in [1.29, 1.82) is 0 Å². The highest BCUT2D eigenvalue weighted by atomic mass is 15.0. The number of hydrogen-bond acceptors (Lipinski definition) is 9. The van der Waals surface area contributed by atoms with Gasteiger partial charge in [0.05, 0.1) is 0 Å². The minimum atomic E-state index is 0.533. The van der Waals surface area contributed by atoms with Crippen LogP contribution >= 0.6 is 0 Å². The first-order chi connectivity index (χ1) is 14.8. The molecule has 1 aromatic carbocycles. The largest absolute Gasteiger partial charge is 0.240 e. The molecule has 9 nitrogen and oxygen atoms in total. The Balaban J connectivity index is 1.82. The number of fused-ring (bicyclic) bond motifs is 9. The van der Waals surface area contributed by atoms with Crippen LogP contribution in [0.3, 0.4) is 0 Å². The molecule has 0 fully saturated rings. The van der Waals surface area contributed by atoms with Crippen molar-refractivity contribution < 1.29 is 0 Å². The van der Waals surface area contributed by atoms with Crippen molar-refractivity contribution in [2.24, 2.45) is 0 Å². The van der Waals surface area contributed by atoms with Gasteiger partial charge in [0.2, 0.25) is 0 Å². The normalized spacial score (nSPS) is 12.0. The molecule has 9 heteroatoms. The number of benzene rings is 1. The van der Waals surface area contributed by atoms with Gasteiger partial charge in [-0.05, 0) is 36.4 Å². The standard InChI is InChI=1S/C21H9N9/c1-4-10-19(22-7-1)28-16-13(25-10)17-15(27-11-5-2-8-23-20(11)29-17)18-14(16)26-12-6-3-9-24-21(12)30-18/h1-9H. The first kappa shape index (κ1) is 15.4. The first-order valence-electron chi connectivity index (χ1n) is 9.24. The van der Waals surface area contributed by atoms with Gasteiger partial charge in [0.1, 0.15) is 49.7 Å². The molecule has 0 amide bonds. The summed E-state index contributed by atoms with van der Waals surface area (Å²) in [5, 5.41) is 0. The molecule has 6 heterocycles. The van der Waals surface area contributed by atoms with Crippen molar-refractivity contribution in [1.82, 2.24) is 44.9 Å². The van der Waals surface area contributed by atoms with Crippen LogP contribution in [-0.2, 0) is 0 Å². The van der Waals surface area contributed by atoms with Gasteiger partial charge in [-0.15, -0.1) is 0 Å². The first-order valence-corrected chi connectivity index (χ1v) is 9.24. The van der Waals surface area contributed by atoms with E-state index in [0.717, 1.165) is 0 Å². The molecule has 0 radical (unpaired) electrons. The highest BCUT2D eigenvalue weighted by molar-refractivity contribution is 6.20. The van der Waals surface area contributed by atoms with Crippen LogP contribution in [0.25, 0.3) is 66.6 Å². The smallest absolute Gasteiger partial charge is 0.178 e. The number of nitrogens with zero attached hydrogens (tertiary/aromatic N) is 9. The SMILES string of the molecule is c1cnc2nc3c4nc5cccnc5nc4c4nc5cccnc5nc4c3nc2c1. The maximum atomic E-state index is 4.80. The second-order valence-electron chi connectivity index (χ2n) is 6.80. The third-order valence-electron chi connectivity index (χ3n) is 4.99. The van der Waals surface area contributed by atoms with Crippen molar-refractivity contribution in [3.8, 4) is 0 Å². The lowest BCUT2D eigenvalue weighted by Crippen LogP contribution is -2.00. The van der Waals surface area contributed by atoms with Gasteiger partial charge in [0, 0.05) is 18.6 Å². The molecule has 0 saturated heterocycles. The van der Waals surface area contributed by atoms with Gasteiger partial charge in [-0.1, -0.05) is 0 Å². The lowest BCUT2D eigenvalue weighted by molar-refractivity contribution is 1.25. The molecule has 7 aromatic rings. The third-order valence-corrected chi connectivity index (χ3v) is 4.99. The fraction of sp³-hybridized carbons (Fsp3) is 0. The third kappa shape index (κ3) is 2.03. The van der Waals surface area contributed by atoms with E-state index < -0.39 is 0 Å². The Bertz CT molecular complexity index is 1440. The predicted octanol–water partition coefficient (Wildman–Crippen LogP) is 3.16. The summed E-state index contributed by atoms with van der Waals surface area (Å²) in [6.07, 6.45) is 5.07. The number of aromatic nitrogens is 9. The van der Waals surface area contributed by atoms with Gasteiger partial charge in [0.15, 0.2) is 16.9 Å². The summed E-state index contributed by atoms with van der Waals surface area (Å²) in [5.41, 5.74) is 7.12. The van der Waals surface area contributed by atoms with Crippen LogP contribution < -0.4 is 0 Å². The van der Waals surface area contributed by atoms with E-state index in [1.807, 2.05) is 36.4 Å². The molecule has 0 spiro atoms. The monoisotopic (exact) mass is 387 g/mol. The zero-order chi connectivity index (χ0) is 19.7. The summed E-state index contributed by atoms with van der Waals surface area (Å²) < 4.78 is 0. The van der Waals surface area contributed by atoms with E-state index in [2.05, 4.69) is 15.0 Å². The lowest BCUT2D eigenvalue weighted by atomic mass is 10.1. The summed E-state index contributed by atoms with van der Waals surface area (Å²) in [5.74, 6) is 0. The number of hydrogen-bond donors (Lipinski definition) is 0. The average molecular weight is 387 g/mol. The molecule has 0 unspecified atom stereocenters. The van der Waals surface area contributed by atoms with Gasteiger partial charge < -0.3 is 0 Å². The minimum absolute atomic E-state index is 0.533. The van der Waals surface area contributed by atoms with Crippen molar-refractivity contribution in [3.63, 3.8) is 0 Å². The molecular formula is C21H9N9. The van der Waals surface area contributed by atoms with Crippen LogP contribution in [-0.4, -0.2) is 44.9 Å². The van der Waals surface area contributed by atoms with E-state index >= 15 is 0 Å². The summed E-state index contributed by atoms with van der Waals surface area (Å²) >= 11 is 0. The molecule has 0 bridgehead atoms. The van der Waals surface area contributed by atoms with Crippen LogP contribution in [0, 0.1) is 0 Å². The maximum absolute atomic E-state index is 4.80. The molecule has 138 valence electrons. The van der Waals surface area contributed by atoms with Crippen LogP contribution in [0.4, 0.5) is 0 Å². The summed E-state index contributed by atoms with van der Waals surface area (Å²) in [4.78, 5) is 41.7. The fourth-order valence-corrected chi connectivity index (χ4v) is 3.67. The summed E-state index contributed by atoms with van der Waals surface area (Å²) in [6, 6.07) is 11.1. The zero-order valence-electron chi connectivity index (χ0n) is 15.2. The Morgan fingerprint density at radius 3 is 1.00 bits per heavy atom. The van der Waals surface area contributed by atoms with Gasteiger partial charge in [-0.2, -0.15) is 0 Å². The van der Waals surface area contributed by atoms with E-state index in [0.29, 0.717) is 66.6 Å². The fourth-order valence-electron chi connectivity index (χ4n) is 3.67. The van der Waals surface area contributed by atoms with E-state index in [1.165, 1.54) is 0 Å². The number of rotatable bonds is 0. The highest BCUT2D eigenvalue weighted by Gasteiger charge is 2.19. The summed E-state index contributed by atoms with van der Waals surface area (Å²) in [6.45, 7) is 0. The summed E-state index contributed by atoms with van der Waals surface area (Å²) in [7, 11) is 0. The Hall–Kier alpha value is -4.53. The molecule has 0 atom stereocenters. The van der Waals surface area contributed by atoms with Crippen LogP contribution in [0.1, 0.15) is 0 Å². The highest BCUT2D eigenvalue weighted by Crippen LogP contribution is 2.31. The van der Waals surface area contributed by atoms with Crippen LogP contribution in [0.2, 0.25) is 0 Å². The molecular weight excluding hydrogens is 378 g/mol. The molecule has 30 heavy (non-hydrogen) atoms. The molecule has 7 rings (SSSR count). The number of pyridine rings is 3. The van der Waals surface area contributed by atoms with Gasteiger partial charge in [-0.3, -0.25) is 0 Å². The van der Waals surface area contributed by atoms with Crippen molar-refractivity contribution in [2.75, 3.05) is 0 Å². The predicted molar refractivity (Wildman–Crippen MR) is 112 cm³/mol. The van der Waals surface area contributed by atoms with Crippen LogP contribution in [0.5, 0.6) is 0 Å². The zero-order valence-corrected chi connectivity index (χ0v) is 15.2. The molecule has 6 aromatic heterocycles. The Morgan fingerprint density at radius 1 is 0.367 bits per heavy atom. The maximum Gasteiger partial charge on any atom is 0.178 e. The van der Waals surface area contributed by atoms with E-state index in [-0.39, 0.29) is 0 Å². The van der Waals surface area contributed by atoms with Gasteiger partial charge >= 0.3 is 0 Å². The van der Waals surface area contributed by atoms with Crippen molar-refractivity contribution in [3.05, 3.63) is 55.0 Å².